The van der Waals surface area contributed by atoms with Crippen LogP contribution in [0.5, 0.6) is 0 Å². The number of benzene rings is 2. The van der Waals surface area contributed by atoms with Crippen LogP contribution in [0.2, 0.25) is 0 Å². The lowest BCUT2D eigenvalue weighted by Crippen LogP contribution is -2.21. The van der Waals surface area contributed by atoms with E-state index in [1.54, 1.807) is 11.1 Å². The van der Waals surface area contributed by atoms with E-state index in [9.17, 15) is 0 Å². The molecule has 0 nitrogen and oxygen atoms in total. The van der Waals surface area contributed by atoms with Gasteiger partial charge in [-0.15, -0.1) is 0 Å². The molecular formula is C19H14. The molecule has 0 unspecified atom stereocenters. The Hall–Kier alpha value is -2.08. The molecule has 0 atom stereocenters. The number of fused-ring (bicyclic) bond motifs is 7. The van der Waals surface area contributed by atoms with Gasteiger partial charge >= 0.3 is 0 Å². The van der Waals surface area contributed by atoms with E-state index in [4.69, 9.17) is 0 Å². The zero-order valence-corrected chi connectivity index (χ0v) is 10.7. The fourth-order valence-electron chi connectivity index (χ4n) is 3.83. The molecule has 0 bridgehead atoms. The lowest BCUT2D eigenvalue weighted by Gasteiger charge is -2.13. The molecule has 0 heterocycles. The maximum absolute atomic E-state index is 2.40. The highest BCUT2D eigenvalue weighted by molar-refractivity contribution is 6.01. The van der Waals surface area contributed by atoms with Gasteiger partial charge in [-0.25, -0.2) is 0 Å². The second-order valence-electron chi connectivity index (χ2n) is 5.67. The van der Waals surface area contributed by atoms with Crippen LogP contribution in [0.3, 0.4) is 0 Å². The van der Waals surface area contributed by atoms with Crippen molar-refractivity contribution in [2.75, 3.05) is 0 Å². The van der Waals surface area contributed by atoms with Crippen LogP contribution in [0.15, 0.2) is 24.3 Å². The molecule has 0 saturated heterocycles. The molecule has 0 heteroatoms. The molecule has 90 valence electrons. The number of rotatable bonds is 0. The Morgan fingerprint density at radius 1 is 0.684 bits per heavy atom. The monoisotopic (exact) mass is 242 g/mol. The minimum Gasteiger partial charge on any atom is -0.0795 e. The summed E-state index contributed by atoms with van der Waals surface area (Å²) >= 11 is 0. The first-order valence-corrected chi connectivity index (χ1v) is 7.07. The van der Waals surface area contributed by atoms with Gasteiger partial charge < -0.3 is 0 Å². The van der Waals surface area contributed by atoms with Crippen molar-refractivity contribution >= 4 is 35.1 Å². The maximum Gasteiger partial charge on any atom is -0.00849 e. The van der Waals surface area contributed by atoms with Crippen molar-refractivity contribution in [1.82, 2.24) is 0 Å². The molecule has 2 aromatic rings. The highest BCUT2D eigenvalue weighted by Gasteiger charge is 2.20. The number of allylic oxidation sites excluding steroid dienone is 2. The molecule has 0 aliphatic heterocycles. The third kappa shape index (κ3) is 1.14. The summed E-state index contributed by atoms with van der Waals surface area (Å²) in [6.45, 7) is 0. The van der Waals surface area contributed by atoms with Gasteiger partial charge in [0.1, 0.15) is 0 Å². The molecule has 0 fully saturated rings. The smallest absolute Gasteiger partial charge is 0.00849 e. The molecule has 0 N–H and O–H groups in total. The first kappa shape index (κ1) is 9.80. The van der Waals surface area contributed by atoms with Crippen molar-refractivity contribution in [2.24, 2.45) is 0 Å². The van der Waals surface area contributed by atoms with Gasteiger partial charge in [-0.1, -0.05) is 36.5 Å². The maximum atomic E-state index is 2.40. The molecule has 19 heavy (non-hydrogen) atoms. The summed E-state index contributed by atoms with van der Waals surface area (Å²) in [6, 6.07) is 4.80. The molecule has 2 aromatic carbocycles. The van der Waals surface area contributed by atoms with Crippen LogP contribution in [0.4, 0.5) is 0 Å². The quantitative estimate of drug-likeness (QED) is 0.666. The Balaban J connectivity index is 2.09. The predicted molar refractivity (Wildman–Crippen MR) is 82.2 cm³/mol. The predicted octanol–water partition coefficient (Wildman–Crippen LogP) is 2.94. The minimum absolute atomic E-state index is 1.09. The fourth-order valence-corrected chi connectivity index (χ4v) is 3.83. The number of hydrogen-bond donors (Lipinski definition) is 0. The third-order valence-electron chi connectivity index (χ3n) is 4.71. The van der Waals surface area contributed by atoms with Gasteiger partial charge in [0, 0.05) is 0 Å². The summed E-state index contributed by atoms with van der Waals surface area (Å²) in [5.41, 5.74) is 6.07. The zero-order valence-electron chi connectivity index (χ0n) is 10.7. The van der Waals surface area contributed by atoms with E-state index < -0.39 is 0 Å². The van der Waals surface area contributed by atoms with E-state index in [2.05, 4.69) is 48.6 Å². The molecule has 0 saturated carbocycles. The second kappa shape index (κ2) is 3.27. The normalized spacial score (nSPS) is 17.3. The Morgan fingerprint density at radius 2 is 1.21 bits per heavy atom. The molecule has 3 aliphatic carbocycles. The van der Waals surface area contributed by atoms with Gasteiger partial charge in [0.05, 0.1) is 0 Å². The summed E-state index contributed by atoms with van der Waals surface area (Å²) in [5.74, 6) is 0. The highest BCUT2D eigenvalue weighted by Crippen LogP contribution is 2.37. The molecule has 0 aromatic heterocycles. The van der Waals surface area contributed by atoms with E-state index in [-0.39, 0.29) is 0 Å². The molecular weight excluding hydrogens is 228 g/mol. The van der Waals surface area contributed by atoms with Crippen molar-refractivity contribution in [3.05, 3.63) is 57.0 Å². The average molecular weight is 242 g/mol. The standard InChI is InChI=1S/C19H14/c1-4-12-10-18-16-8-2-6-14(16)15-7-3-9-17(15)19(18)11-13(12)5-1/h2-5,8-11H,1,6-7H2. The van der Waals surface area contributed by atoms with E-state index in [0.29, 0.717) is 0 Å². The molecule has 5 rings (SSSR count). The summed E-state index contributed by atoms with van der Waals surface area (Å²) < 4.78 is 0. The van der Waals surface area contributed by atoms with E-state index >= 15 is 0 Å². The van der Waals surface area contributed by atoms with Gasteiger partial charge in [0.25, 0.3) is 0 Å². The van der Waals surface area contributed by atoms with Crippen molar-refractivity contribution in [3.8, 4) is 0 Å². The number of hydrogen-bond acceptors (Lipinski definition) is 0. The summed E-state index contributed by atoms with van der Waals surface area (Å²) in [6.07, 6.45) is 17.2. The Morgan fingerprint density at radius 3 is 1.74 bits per heavy atom. The van der Waals surface area contributed by atoms with Gasteiger partial charge in [0.2, 0.25) is 0 Å². The first-order chi connectivity index (χ1) is 9.42. The zero-order chi connectivity index (χ0) is 12.4. The van der Waals surface area contributed by atoms with Crippen LogP contribution in [0.1, 0.15) is 28.7 Å². The third-order valence-corrected chi connectivity index (χ3v) is 4.71. The topological polar surface area (TPSA) is 0 Å². The van der Waals surface area contributed by atoms with Crippen molar-refractivity contribution in [2.45, 2.75) is 19.3 Å². The van der Waals surface area contributed by atoms with Gasteiger partial charge in [0.15, 0.2) is 0 Å². The highest BCUT2D eigenvalue weighted by atomic mass is 14.2. The van der Waals surface area contributed by atoms with Crippen molar-refractivity contribution in [3.63, 3.8) is 0 Å². The van der Waals surface area contributed by atoms with Crippen LogP contribution in [0.25, 0.3) is 35.1 Å². The van der Waals surface area contributed by atoms with Crippen molar-refractivity contribution in [1.29, 1.82) is 0 Å². The summed E-state index contributed by atoms with van der Waals surface area (Å²) in [5, 5.41) is 5.72. The largest absolute Gasteiger partial charge is 0.0795 e. The van der Waals surface area contributed by atoms with Crippen LogP contribution in [0, 0.1) is 0 Å². The summed E-state index contributed by atoms with van der Waals surface area (Å²) in [7, 11) is 0. The fraction of sp³-hybridized carbons (Fsp3) is 0.158. The molecule has 0 amide bonds. The van der Waals surface area contributed by atoms with Crippen LogP contribution < -0.4 is 10.4 Å². The van der Waals surface area contributed by atoms with E-state index in [1.807, 2.05) is 0 Å². The van der Waals surface area contributed by atoms with Gasteiger partial charge in [-0.05, 0) is 74.9 Å². The SMILES string of the molecule is C1=Cc2c(c3c(c4cc5c(cc24)=CCC=5)C=CC3)C1. The first-order valence-electron chi connectivity index (χ1n) is 7.07. The summed E-state index contributed by atoms with van der Waals surface area (Å²) in [4.78, 5) is 0. The second-order valence-corrected chi connectivity index (χ2v) is 5.67. The van der Waals surface area contributed by atoms with Crippen molar-refractivity contribution < 1.29 is 0 Å². The van der Waals surface area contributed by atoms with E-state index in [0.717, 1.165) is 19.3 Å². The van der Waals surface area contributed by atoms with Gasteiger partial charge in [-0.3, -0.25) is 0 Å². The van der Waals surface area contributed by atoms with Crippen LogP contribution >= 0.6 is 0 Å². The van der Waals surface area contributed by atoms with Gasteiger partial charge in [-0.2, -0.15) is 0 Å². The molecule has 0 radical (unpaired) electrons. The lowest BCUT2D eigenvalue weighted by atomic mass is 9.91. The Kier molecular flexibility index (Phi) is 1.69. The van der Waals surface area contributed by atoms with E-state index in [1.165, 1.54) is 32.3 Å². The average Bonchev–Trinajstić information content (AvgIpc) is 3.15. The van der Waals surface area contributed by atoms with Crippen LogP contribution in [-0.2, 0) is 12.8 Å². The van der Waals surface area contributed by atoms with Crippen LogP contribution in [-0.4, -0.2) is 0 Å². The minimum atomic E-state index is 1.09. The molecule has 0 spiro atoms. The lowest BCUT2D eigenvalue weighted by molar-refractivity contribution is 1.19. The molecule has 3 aliphatic rings. The Bertz CT molecular complexity index is 845. The Labute approximate surface area is 112 Å².